The van der Waals surface area contributed by atoms with Crippen LogP contribution in [0.1, 0.15) is 6.92 Å². The first-order chi connectivity index (χ1) is 9.83. The zero-order chi connectivity index (χ0) is 13.9. The van der Waals surface area contributed by atoms with Crippen LogP contribution < -0.4 is 10.2 Å². The second-order valence-electron chi connectivity index (χ2n) is 5.21. The van der Waals surface area contributed by atoms with Gasteiger partial charge in [-0.2, -0.15) is 0 Å². The topological polar surface area (TPSA) is 31.4 Å². The van der Waals surface area contributed by atoms with Gasteiger partial charge in [-0.25, -0.2) is 4.98 Å². The Kier molecular flexibility index (Phi) is 3.74. The van der Waals surface area contributed by atoms with Crippen LogP contribution in [-0.4, -0.2) is 49.7 Å². The minimum absolute atomic E-state index is 1.06. The molecule has 3 rings (SSSR count). The molecular formula is C16H22N4. The summed E-state index contributed by atoms with van der Waals surface area (Å²) >= 11 is 0. The van der Waals surface area contributed by atoms with Crippen LogP contribution in [0.2, 0.25) is 0 Å². The standard InChI is InChI=1S/C16H22N4/c1-3-19-8-10-20(11-9-19)16-14-7-5-4-6-13(14)15(17-2)12-18-16/h4-7,12,17H,3,8-11H2,1-2H3. The number of anilines is 2. The largest absolute Gasteiger partial charge is 0.386 e. The number of pyridine rings is 1. The van der Waals surface area contributed by atoms with E-state index >= 15 is 0 Å². The lowest BCUT2D eigenvalue weighted by molar-refractivity contribution is 0.271. The Balaban J connectivity index is 1.96. The Bertz CT molecular complexity index is 588. The van der Waals surface area contributed by atoms with Crippen LogP contribution in [0.4, 0.5) is 11.5 Å². The van der Waals surface area contributed by atoms with Crippen molar-refractivity contribution < 1.29 is 0 Å². The Morgan fingerprint density at radius 2 is 1.80 bits per heavy atom. The summed E-state index contributed by atoms with van der Waals surface area (Å²) in [7, 11) is 1.95. The predicted molar refractivity (Wildman–Crippen MR) is 85.6 cm³/mol. The number of fused-ring (bicyclic) bond motifs is 1. The van der Waals surface area contributed by atoms with Gasteiger partial charge in [0.1, 0.15) is 5.82 Å². The molecule has 20 heavy (non-hydrogen) atoms. The number of rotatable bonds is 3. The molecule has 0 radical (unpaired) electrons. The van der Waals surface area contributed by atoms with Gasteiger partial charge in [0.25, 0.3) is 0 Å². The first-order valence-electron chi connectivity index (χ1n) is 7.36. The van der Waals surface area contributed by atoms with Gasteiger partial charge in [0.05, 0.1) is 11.9 Å². The Hall–Kier alpha value is -1.81. The first-order valence-corrected chi connectivity index (χ1v) is 7.36. The molecule has 106 valence electrons. The zero-order valence-electron chi connectivity index (χ0n) is 12.3. The van der Waals surface area contributed by atoms with Crippen LogP contribution >= 0.6 is 0 Å². The van der Waals surface area contributed by atoms with Gasteiger partial charge in [-0.1, -0.05) is 31.2 Å². The van der Waals surface area contributed by atoms with E-state index < -0.39 is 0 Å². The van der Waals surface area contributed by atoms with E-state index in [4.69, 9.17) is 4.98 Å². The second kappa shape index (κ2) is 5.67. The number of likely N-dealkylation sites (N-methyl/N-ethyl adjacent to an activating group) is 1. The predicted octanol–water partition coefficient (Wildman–Crippen LogP) is 2.42. The number of benzene rings is 1. The third kappa shape index (κ3) is 2.31. The lowest BCUT2D eigenvalue weighted by Gasteiger charge is -2.35. The third-order valence-corrected chi connectivity index (χ3v) is 4.16. The highest BCUT2D eigenvalue weighted by Gasteiger charge is 2.19. The maximum atomic E-state index is 4.70. The van der Waals surface area contributed by atoms with Crippen molar-refractivity contribution in [2.45, 2.75) is 6.92 Å². The molecule has 2 aromatic rings. The first kappa shape index (κ1) is 13.2. The third-order valence-electron chi connectivity index (χ3n) is 4.16. The molecule has 2 heterocycles. The van der Waals surface area contributed by atoms with Crippen LogP contribution in [-0.2, 0) is 0 Å². The van der Waals surface area contributed by atoms with Gasteiger partial charge in [0.15, 0.2) is 0 Å². The van der Waals surface area contributed by atoms with Crippen LogP contribution in [0, 0.1) is 0 Å². The summed E-state index contributed by atoms with van der Waals surface area (Å²) in [6.45, 7) is 7.74. The summed E-state index contributed by atoms with van der Waals surface area (Å²) in [5.74, 6) is 1.12. The molecule has 0 atom stereocenters. The summed E-state index contributed by atoms with van der Waals surface area (Å²) in [5, 5.41) is 5.72. The van der Waals surface area contributed by atoms with E-state index in [0.717, 1.165) is 44.2 Å². The van der Waals surface area contributed by atoms with Gasteiger partial charge in [0, 0.05) is 44.0 Å². The van der Waals surface area contributed by atoms with Crippen LogP contribution in [0.25, 0.3) is 10.8 Å². The molecule has 0 bridgehead atoms. The molecule has 1 aromatic heterocycles. The number of hydrogen-bond acceptors (Lipinski definition) is 4. The molecule has 1 N–H and O–H groups in total. The quantitative estimate of drug-likeness (QED) is 0.928. The average molecular weight is 270 g/mol. The van der Waals surface area contributed by atoms with Gasteiger partial charge < -0.3 is 15.1 Å². The maximum absolute atomic E-state index is 4.70. The maximum Gasteiger partial charge on any atom is 0.136 e. The molecule has 0 spiro atoms. The van der Waals surface area contributed by atoms with Crippen LogP contribution in [0.15, 0.2) is 30.5 Å². The lowest BCUT2D eigenvalue weighted by atomic mass is 10.1. The lowest BCUT2D eigenvalue weighted by Crippen LogP contribution is -2.46. The van der Waals surface area contributed by atoms with Crippen molar-refractivity contribution in [2.24, 2.45) is 0 Å². The van der Waals surface area contributed by atoms with E-state index in [1.165, 1.54) is 10.8 Å². The van der Waals surface area contributed by atoms with Crippen molar-refractivity contribution in [3.63, 3.8) is 0 Å². The van der Waals surface area contributed by atoms with E-state index in [-0.39, 0.29) is 0 Å². The second-order valence-corrected chi connectivity index (χ2v) is 5.21. The summed E-state index contributed by atoms with van der Waals surface area (Å²) in [4.78, 5) is 9.59. The van der Waals surface area contributed by atoms with Gasteiger partial charge in [-0.3, -0.25) is 0 Å². The minimum Gasteiger partial charge on any atom is -0.386 e. The molecule has 1 aromatic carbocycles. The summed E-state index contributed by atoms with van der Waals surface area (Å²) < 4.78 is 0. The fourth-order valence-electron chi connectivity index (χ4n) is 2.90. The highest BCUT2D eigenvalue weighted by molar-refractivity contribution is 6.00. The molecule has 0 aliphatic carbocycles. The van der Waals surface area contributed by atoms with Crippen molar-refractivity contribution in [3.05, 3.63) is 30.5 Å². The smallest absolute Gasteiger partial charge is 0.136 e. The molecule has 0 saturated carbocycles. The van der Waals surface area contributed by atoms with Gasteiger partial charge in [0.2, 0.25) is 0 Å². The SMILES string of the molecule is CCN1CCN(c2ncc(NC)c3ccccc23)CC1. The number of aromatic nitrogens is 1. The Morgan fingerprint density at radius 1 is 1.10 bits per heavy atom. The number of piperazine rings is 1. The van der Waals surface area contributed by atoms with Crippen molar-refractivity contribution in [2.75, 3.05) is 50.0 Å². The van der Waals surface area contributed by atoms with E-state index in [2.05, 4.69) is 46.3 Å². The highest BCUT2D eigenvalue weighted by atomic mass is 15.3. The van der Waals surface area contributed by atoms with Crippen molar-refractivity contribution in [1.82, 2.24) is 9.88 Å². The highest BCUT2D eigenvalue weighted by Crippen LogP contribution is 2.30. The molecule has 1 aliphatic rings. The van der Waals surface area contributed by atoms with Gasteiger partial charge in [-0.15, -0.1) is 0 Å². The molecule has 0 unspecified atom stereocenters. The number of hydrogen-bond donors (Lipinski definition) is 1. The van der Waals surface area contributed by atoms with E-state index in [1.54, 1.807) is 0 Å². The normalized spacial score (nSPS) is 16.6. The Labute approximate surface area is 120 Å². The molecule has 1 aliphatic heterocycles. The fraction of sp³-hybridized carbons (Fsp3) is 0.438. The average Bonchev–Trinajstić information content (AvgIpc) is 2.54. The van der Waals surface area contributed by atoms with E-state index in [9.17, 15) is 0 Å². The zero-order valence-corrected chi connectivity index (χ0v) is 12.3. The molecule has 1 fully saturated rings. The fourth-order valence-corrected chi connectivity index (χ4v) is 2.90. The van der Waals surface area contributed by atoms with Crippen LogP contribution in [0.3, 0.4) is 0 Å². The summed E-state index contributed by atoms with van der Waals surface area (Å²) in [5.41, 5.74) is 1.09. The summed E-state index contributed by atoms with van der Waals surface area (Å²) in [6, 6.07) is 8.51. The van der Waals surface area contributed by atoms with E-state index in [0.29, 0.717) is 0 Å². The molecule has 0 amide bonds. The van der Waals surface area contributed by atoms with E-state index in [1.807, 2.05) is 13.2 Å². The molecule has 4 nitrogen and oxygen atoms in total. The summed E-state index contributed by atoms with van der Waals surface area (Å²) in [6.07, 6.45) is 1.95. The molecule has 4 heteroatoms. The van der Waals surface area contributed by atoms with Crippen molar-refractivity contribution in [3.8, 4) is 0 Å². The number of nitrogens with one attached hydrogen (secondary N) is 1. The molecule has 1 saturated heterocycles. The van der Waals surface area contributed by atoms with Crippen LogP contribution in [0.5, 0.6) is 0 Å². The van der Waals surface area contributed by atoms with Crippen molar-refractivity contribution >= 4 is 22.3 Å². The molecular weight excluding hydrogens is 248 g/mol. The monoisotopic (exact) mass is 270 g/mol. The van der Waals surface area contributed by atoms with Crippen molar-refractivity contribution in [1.29, 1.82) is 0 Å². The Morgan fingerprint density at radius 3 is 2.45 bits per heavy atom. The number of nitrogens with zero attached hydrogens (tertiary/aromatic N) is 3. The minimum atomic E-state index is 1.06. The van der Waals surface area contributed by atoms with Gasteiger partial charge in [-0.05, 0) is 6.54 Å². The van der Waals surface area contributed by atoms with Gasteiger partial charge >= 0.3 is 0 Å².